The zero-order chi connectivity index (χ0) is 28.2. The topological polar surface area (TPSA) is 255 Å². The number of aromatic amines is 1. The van der Waals surface area contributed by atoms with Crippen molar-refractivity contribution in [2.45, 2.75) is 36.5 Å². The fraction of sp³-hybridized carbons (Fsp3) is 0.500. The fourth-order valence-electron chi connectivity index (χ4n) is 5.20. The monoisotopic (exact) mass is 610 g/mol. The zero-order valence-electron chi connectivity index (χ0n) is 21.0. The predicted octanol–water partition coefficient (Wildman–Crippen LogP) is -0.741. The molecule has 3 saturated heterocycles. The van der Waals surface area contributed by atoms with Gasteiger partial charge in [0.05, 0.1) is 51.2 Å². The minimum Gasteiger partial charge on any atom is -0.382 e. The second-order valence-corrected chi connectivity index (χ2v) is 11.3. The first-order chi connectivity index (χ1) is 19.9. The number of hydrogen-bond donors (Lipinski definition) is 5. The molecule has 0 amide bonds. The molecule has 8 atom stereocenters. The molecule has 0 bridgehead atoms. The quantitative estimate of drug-likeness (QED) is 0.175. The maximum Gasteiger partial charge on any atom is 0.330 e. The first-order valence-electron chi connectivity index (χ1n) is 12.3. The largest absolute Gasteiger partial charge is 0.382 e. The molecule has 21 heteroatoms. The lowest BCUT2D eigenvalue weighted by molar-refractivity contribution is -0.0237. The molecule has 0 spiro atoms. The number of anilines is 2. The van der Waals surface area contributed by atoms with Gasteiger partial charge in [-0.1, -0.05) is 0 Å². The van der Waals surface area contributed by atoms with Gasteiger partial charge >= 0.3 is 17.2 Å². The molecule has 0 radical (unpaired) electrons. The number of ether oxygens (including phenoxy) is 2. The Morgan fingerprint density at radius 1 is 0.829 bits per heavy atom. The minimum atomic E-state index is -2.43. The van der Waals surface area contributed by atoms with E-state index < -0.39 is 59.3 Å². The lowest BCUT2D eigenvalue weighted by atomic mass is 10.1. The molecule has 7 N–H and O–H groups in total. The van der Waals surface area contributed by atoms with Crippen molar-refractivity contribution in [2.24, 2.45) is 0 Å². The van der Waals surface area contributed by atoms with Crippen LogP contribution in [0.1, 0.15) is 12.1 Å². The van der Waals surface area contributed by atoms with E-state index in [1.165, 1.54) is 12.7 Å². The molecule has 3 aliphatic heterocycles. The lowest BCUT2D eigenvalue weighted by Crippen LogP contribution is -2.36. The summed E-state index contributed by atoms with van der Waals surface area (Å²) in [6.07, 6.45) is 1.24. The van der Waals surface area contributed by atoms with Crippen LogP contribution in [0.15, 0.2) is 23.8 Å². The van der Waals surface area contributed by atoms with Crippen LogP contribution in [0.25, 0.3) is 22.3 Å². The molecular weight excluding hydrogens is 586 g/mol. The van der Waals surface area contributed by atoms with Gasteiger partial charge in [-0.2, -0.15) is 4.98 Å². The molecule has 4 aromatic heterocycles. The number of hydrogen-bond acceptors (Lipinski definition) is 16. The normalized spacial score (nSPS) is 32.9. The van der Waals surface area contributed by atoms with E-state index >= 15 is 0 Å². The van der Waals surface area contributed by atoms with Crippen molar-refractivity contribution in [3.05, 3.63) is 29.3 Å². The lowest BCUT2D eigenvalue weighted by Gasteiger charge is -2.29. The van der Waals surface area contributed by atoms with Crippen LogP contribution in [0.2, 0.25) is 0 Å². The zero-order valence-corrected chi connectivity index (χ0v) is 22.7. The molecule has 41 heavy (non-hydrogen) atoms. The summed E-state index contributed by atoms with van der Waals surface area (Å²) in [5, 5.41) is 0. The molecule has 7 heterocycles. The van der Waals surface area contributed by atoms with Crippen molar-refractivity contribution in [2.75, 3.05) is 37.9 Å². The summed E-state index contributed by atoms with van der Waals surface area (Å²) in [4.78, 5) is 57.1. The third-order valence-electron chi connectivity index (χ3n) is 7.13. The van der Waals surface area contributed by atoms with Crippen LogP contribution in [0, 0.1) is 0 Å². The van der Waals surface area contributed by atoms with Gasteiger partial charge in [-0.3, -0.25) is 9.78 Å². The van der Waals surface area contributed by atoms with Gasteiger partial charge in [0.25, 0.3) is 5.56 Å². The highest BCUT2D eigenvalue weighted by molar-refractivity contribution is 7.40. The minimum absolute atomic E-state index is 0.0810. The van der Waals surface area contributed by atoms with E-state index in [2.05, 4.69) is 29.9 Å². The SMILES string of the molecule is Nc1nc2c(ncn2[C@@H]2CO[C@@H]3COP(O)O[C@H]4[C@H](n5cnc6c(N)ncnc65)CO[C@@H]4COP(O)O[C@@H]23)c(=O)[nH]1. The Morgan fingerprint density at radius 2 is 1.41 bits per heavy atom. The Morgan fingerprint density at radius 3 is 2.05 bits per heavy atom. The van der Waals surface area contributed by atoms with Gasteiger partial charge < -0.3 is 58.0 Å². The Bertz CT molecular complexity index is 1640. The summed E-state index contributed by atoms with van der Waals surface area (Å²) in [5.41, 5.74) is 12.4. The Hall–Kier alpha value is -2.96. The maximum atomic E-state index is 12.3. The number of imidazole rings is 2. The molecule has 0 aliphatic carbocycles. The highest BCUT2D eigenvalue weighted by atomic mass is 31.2. The van der Waals surface area contributed by atoms with Crippen molar-refractivity contribution in [3.63, 3.8) is 0 Å². The van der Waals surface area contributed by atoms with Crippen LogP contribution in [-0.4, -0.2) is 99.7 Å². The second-order valence-electron chi connectivity index (χ2n) is 9.44. The third-order valence-corrected chi connectivity index (χ3v) is 8.72. The van der Waals surface area contributed by atoms with Crippen molar-refractivity contribution in [1.29, 1.82) is 0 Å². The van der Waals surface area contributed by atoms with Gasteiger partial charge in [0.1, 0.15) is 36.3 Å². The number of rotatable bonds is 2. The molecular formula is C20H24N10O9P2. The van der Waals surface area contributed by atoms with Crippen LogP contribution in [0.4, 0.5) is 11.8 Å². The van der Waals surface area contributed by atoms with Gasteiger partial charge in [0.15, 0.2) is 22.6 Å². The molecule has 0 saturated carbocycles. The summed E-state index contributed by atoms with van der Waals surface area (Å²) >= 11 is 0. The van der Waals surface area contributed by atoms with Gasteiger partial charge in [0.2, 0.25) is 5.95 Å². The molecule has 19 nitrogen and oxygen atoms in total. The van der Waals surface area contributed by atoms with Gasteiger partial charge in [0, 0.05) is 0 Å². The van der Waals surface area contributed by atoms with Gasteiger partial charge in [-0.25, -0.2) is 19.9 Å². The predicted molar refractivity (Wildman–Crippen MR) is 140 cm³/mol. The Balaban J connectivity index is 1.13. The van der Waals surface area contributed by atoms with Crippen LogP contribution in [0.5, 0.6) is 0 Å². The van der Waals surface area contributed by atoms with Gasteiger partial charge in [-0.15, -0.1) is 0 Å². The van der Waals surface area contributed by atoms with Crippen LogP contribution in [-0.2, 0) is 27.6 Å². The van der Waals surface area contributed by atoms with Crippen molar-refractivity contribution in [3.8, 4) is 0 Å². The van der Waals surface area contributed by atoms with Crippen molar-refractivity contribution in [1.82, 2.24) is 39.0 Å². The van der Waals surface area contributed by atoms with E-state index in [1.807, 2.05) is 0 Å². The fourth-order valence-corrected chi connectivity index (χ4v) is 6.84. The highest BCUT2D eigenvalue weighted by Crippen LogP contribution is 2.47. The first-order valence-corrected chi connectivity index (χ1v) is 14.6. The first kappa shape index (κ1) is 26.9. The van der Waals surface area contributed by atoms with E-state index in [0.29, 0.717) is 11.2 Å². The second kappa shape index (κ2) is 10.7. The van der Waals surface area contributed by atoms with Crippen LogP contribution < -0.4 is 17.0 Å². The van der Waals surface area contributed by atoms with Gasteiger partial charge in [-0.05, 0) is 0 Å². The summed E-state index contributed by atoms with van der Waals surface area (Å²) in [6.45, 7) is -0.00141. The molecule has 3 aliphatic rings. The number of H-pyrrole nitrogens is 1. The van der Waals surface area contributed by atoms with E-state index in [4.69, 9.17) is 39.0 Å². The van der Waals surface area contributed by atoms with Crippen LogP contribution in [0.3, 0.4) is 0 Å². The number of fused-ring (bicyclic) bond motifs is 4. The van der Waals surface area contributed by atoms with E-state index in [1.54, 1.807) is 15.5 Å². The van der Waals surface area contributed by atoms with E-state index in [0.717, 1.165) is 0 Å². The molecule has 218 valence electrons. The highest BCUT2D eigenvalue weighted by Gasteiger charge is 2.46. The summed E-state index contributed by atoms with van der Waals surface area (Å²) < 4.78 is 38.4. The molecule has 2 unspecified atom stereocenters. The number of nitrogen functional groups attached to an aromatic ring is 2. The average molecular weight is 610 g/mol. The number of nitrogens with two attached hydrogens (primary N) is 2. The summed E-state index contributed by atoms with van der Waals surface area (Å²) in [5.74, 6) is 0.143. The smallest absolute Gasteiger partial charge is 0.330 e. The Labute approximate surface area is 231 Å². The molecule has 4 aromatic rings. The summed E-state index contributed by atoms with van der Waals surface area (Å²) in [7, 11) is -4.84. The molecule has 0 aromatic carbocycles. The summed E-state index contributed by atoms with van der Waals surface area (Å²) in [6, 6.07) is -1.06. The molecule has 3 fully saturated rings. The number of nitrogens with one attached hydrogen (secondary N) is 1. The van der Waals surface area contributed by atoms with Crippen molar-refractivity contribution < 1.29 is 37.4 Å². The number of nitrogens with zero attached hydrogens (tertiary/aromatic N) is 7. The maximum absolute atomic E-state index is 12.3. The van der Waals surface area contributed by atoms with E-state index in [9.17, 15) is 14.6 Å². The van der Waals surface area contributed by atoms with Crippen molar-refractivity contribution >= 4 is 51.3 Å². The molecule has 7 rings (SSSR count). The third kappa shape index (κ3) is 4.83. The standard InChI is InChI=1S/C20H24N10O9P2/c21-16-12-17(24-5-23-16)29(6-25-12)8-1-34-10-3-36-41(33)39-15-9(2-35-11(15)4-37-40(32)38-14(8)10)30-7-26-13-18(30)27-20(22)28-19(13)31/h5-11,14-15,32-33H,1-4H2,(H2,21,23,24)(H3,22,27,28,31)/t8-,9-,10-,11-,14+,15+,40?,41?/m1/s1. The average Bonchev–Trinajstić information content (AvgIpc) is 3.72. The van der Waals surface area contributed by atoms with Crippen LogP contribution >= 0.6 is 17.2 Å². The van der Waals surface area contributed by atoms with E-state index in [-0.39, 0.29) is 49.4 Å². The Kier molecular flexibility index (Phi) is 7.03. The number of aromatic nitrogens is 8.